The van der Waals surface area contributed by atoms with Crippen molar-refractivity contribution < 1.29 is 0 Å². The van der Waals surface area contributed by atoms with E-state index in [0.717, 1.165) is 5.69 Å². The van der Waals surface area contributed by atoms with Crippen LogP contribution in [0.5, 0.6) is 0 Å². The van der Waals surface area contributed by atoms with Crippen LogP contribution in [-0.4, -0.2) is 11.5 Å². The molecule has 0 aliphatic rings. The lowest BCUT2D eigenvalue weighted by molar-refractivity contribution is 1.26. The molecule has 3 N–H and O–H groups in total. The Morgan fingerprint density at radius 3 is 3.11 bits per heavy atom. The molecule has 0 unspecified atom stereocenters. The second kappa shape index (κ2) is 3.10. The van der Waals surface area contributed by atoms with Gasteiger partial charge in [-0.05, 0) is 18.2 Å². The summed E-state index contributed by atoms with van der Waals surface area (Å²) in [7, 11) is 0. The number of aromatic nitrogens is 1. The lowest BCUT2D eigenvalue weighted by Gasteiger charge is -1.81. The molecular weight excluding hydrogens is 112 g/mol. The van der Waals surface area contributed by atoms with Gasteiger partial charge in [-0.15, -0.1) is 0 Å². The Bertz CT molecular complexity index is 175. The molecule has 48 valence electrons. The molecule has 1 heterocycles. The highest BCUT2D eigenvalue weighted by molar-refractivity contribution is 5.44. The molecule has 2 nitrogen and oxygen atoms in total. The molecule has 1 aromatic heterocycles. The summed E-state index contributed by atoms with van der Waals surface area (Å²) in [5.41, 5.74) is 6.34. The van der Waals surface area contributed by atoms with Crippen LogP contribution in [0.4, 0.5) is 0 Å². The Balaban J connectivity index is 2.57. The molecule has 0 aliphatic carbocycles. The first-order chi connectivity index (χ1) is 4.43. The van der Waals surface area contributed by atoms with Gasteiger partial charge in [-0.3, -0.25) is 0 Å². The molecule has 9 heavy (non-hydrogen) atoms. The Hall–Kier alpha value is -1.02. The lowest BCUT2D eigenvalue weighted by atomic mass is 10.4. The van der Waals surface area contributed by atoms with Crippen molar-refractivity contribution in [2.24, 2.45) is 5.73 Å². The van der Waals surface area contributed by atoms with E-state index >= 15 is 0 Å². The minimum absolute atomic E-state index is 0.596. The van der Waals surface area contributed by atoms with Crippen molar-refractivity contribution >= 4 is 6.08 Å². The third kappa shape index (κ3) is 1.74. The van der Waals surface area contributed by atoms with E-state index in [0.29, 0.717) is 6.54 Å². The summed E-state index contributed by atoms with van der Waals surface area (Å²) in [5, 5.41) is 0. The molecule has 0 amide bonds. The molecule has 0 aliphatic heterocycles. The predicted molar refractivity (Wildman–Crippen MR) is 38.9 cm³/mol. The van der Waals surface area contributed by atoms with Gasteiger partial charge in [-0.1, -0.05) is 6.08 Å². The summed E-state index contributed by atoms with van der Waals surface area (Å²) in [4.78, 5) is 3.03. The van der Waals surface area contributed by atoms with Crippen molar-refractivity contribution in [2.75, 3.05) is 6.54 Å². The maximum Gasteiger partial charge on any atom is 0.0377 e. The summed E-state index contributed by atoms with van der Waals surface area (Å²) in [6.07, 6.45) is 5.75. The van der Waals surface area contributed by atoms with Crippen LogP contribution < -0.4 is 5.73 Å². The van der Waals surface area contributed by atoms with Gasteiger partial charge < -0.3 is 10.7 Å². The molecule has 0 aromatic carbocycles. The second-order valence-electron chi connectivity index (χ2n) is 1.76. The molecule has 0 atom stereocenters. The van der Waals surface area contributed by atoms with Crippen molar-refractivity contribution in [2.45, 2.75) is 0 Å². The molecule has 1 rings (SSSR count). The predicted octanol–water partition coefficient (Wildman–Crippen LogP) is 0.987. The summed E-state index contributed by atoms with van der Waals surface area (Å²) < 4.78 is 0. The maximum atomic E-state index is 5.24. The van der Waals surface area contributed by atoms with E-state index in [1.807, 2.05) is 30.5 Å². The van der Waals surface area contributed by atoms with E-state index in [2.05, 4.69) is 4.98 Å². The van der Waals surface area contributed by atoms with Crippen LogP contribution in [0.2, 0.25) is 0 Å². The number of aromatic amines is 1. The van der Waals surface area contributed by atoms with Crippen LogP contribution in [0.1, 0.15) is 5.69 Å². The van der Waals surface area contributed by atoms with Gasteiger partial charge in [0, 0.05) is 18.4 Å². The fourth-order valence-corrected chi connectivity index (χ4v) is 0.643. The molecule has 0 radical (unpaired) electrons. The van der Waals surface area contributed by atoms with Gasteiger partial charge in [-0.25, -0.2) is 0 Å². The van der Waals surface area contributed by atoms with E-state index in [4.69, 9.17) is 5.73 Å². The van der Waals surface area contributed by atoms with Crippen LogP contribution >= 0.6 is 0 Å². The largest absolute Gasteiger partial charge is 0.362 e. The standard InChI is InChI=1S/C7H10N2/c8-5-1-3-7-4-2-6-9-7/h1-4,6,9H,5,8H2. The normalized spacial score (nSPS) is 10.8. The number of hydrogen-bond donors (Lipinski definition) is 2. The Kier molecular flexibility index (Phi) is 2.10. The number of nitrogens with one attached hydrogen (secondary N) is 1. The van der Waals surface area contributed by atoms with Crippen molar-refractivity contribution in [3.8, 4) is 0 Å². The molecule has 1 aromatic rings. The van der Waals surface area contributed by atoms with E-state index in [1.165, 1.54) is 0 Å². The van der Waals surface area contributed by atoms with E-state index in [1.54, 1.807) is 0 Å². The number of H-pyrrole nitrogens is 1. The van der Waals surface area contributed by atoms with E-state index in [9.17, 15) is 0 Å². The van der Waals surface area contributed by atoms with Gasteiger partial charge in [0.25, 0.3) is 0 Å². The van der Waals surface area contributed by atoms with Crippen molar-refractivity contribution in [3.05, 3.63) is 30.1 Å². The smallest absolute Gasteiger partial charge is 0.0377 e. The minimum Gasteiger partial charge on any atom is -0.362 e. The van der Waals surface area contributed by atoms with Gasteiger partial charge in [-0.2, -0.15) is 0 Å². The highest BCUT2D eigenvalue weighted by Crippen LogP contribution is 1.95. The van der Waals surface area contributed by atoms with Crippen LogP contribution in [0.3, 0.4) is 0 Å². The number of nitrogens with two attached hydrogens (primary N) is 1. The highest BCUT2D eigenvalue weighted by Gasteiger charge is 1.79. The number of hydrogen-bond acceptors (Lipinski definition) is 1. The molecule has 2 heteroatoms. The van der Waals surface area contributed by atoms with Crippen LogP contribution in [0.15, 0.2) is 24.4 Å². The first-order valence-electron chi connectivity index (χ1n) is 2.93. The highest BCUT2D eigenvalue weighted by atomic mass is 14.7. The maximum absolute atomic E-state index is 5.24. The quantitative estimate of drug-likeness (QED) is 0.603. The molecule has 0 saturated heterocycles. The topological polar surface area (TPSA) is 41.8 Å². The molecule has 0 spiro atoms. The monoisotopic (exact) mass is 122 g/mol. The molecule has 0 fully saturated rings. The fourth-order valence-electron chi connectivity index (χ4n) is 0.643. The zero-order valence-corrected chi connectivity index (χ0v) is 5.17. The van der Waals surface area contributed by atoms with Gasteiger partial charge in [0.2, 0.25) is 0 Å². The Morgan fingerprint density at radius 2 is 2.56 bits per heavy atom. The van der Waals surface area contributed by atoms with Gasteiger partial charge >= 0.3 is 0 Å². The van der Waals surface area contributed by atoms with Crippen molar-refractivity contribution in [3.63, 3.8) is 0 Å². The second-order valence-corrected chi connectivity index (χ2v) is 1.76. The first-order valence-corrected chi connectivity index (χ1v) is 2.93. The van der Waals surface area contributed by atoms with Crippen LogP contribution in [-0.2, 0) is 0 Å². The third-order valence-corrected chi connectivity index (χ3v) is 1.06. The first kappa shape index (κ1) is 6.11. The third-order valence-electron chi connectivity index (χ3n) is 1.06. The zero-order valence-electron chi connectivity index (χ0n) is 5.17. The Morgan fingerprint density at radius 1 is 1.67 bits per heavy atom. The SMILES string of the molecule is NCC=Cc1ccc[nH]1. The zero-order chi connectivity index (χ0) is 6.53. The summed E-state index contributed by atoms with van der Waals surface area (Å²) in [6.45, 7) is 0.596. The summed E-state index contributed by atoms with van der Waals surface area (Å²) in [6, 6.07) is 3.95. The summed E-state index contributed by atoms with van der Waals surface area (Å²) >= 11 is 0. The Labute approximate surface area is 54.4 Å². The lowest BCUT2D eigenvalue weighted by Crippen LogP contribution is -1.91. The fraction of sp³-hybridized carbons (Fsp3) is 0.143. The van der Waals surface area contributed by atoms with Crippen LogP contribution in [0, 0.1) is 0 Å². The van der Waals surface area contributed by atoms with Crippen molar-refractivity contribution in [1.29, 1.82) is 0 Å². The van der Waals surface area contributed by atoms with Gasteiger partial charge in [0.15, 0.2) is 0 Å². The molecule has 0 saturated carbocycles. The van der Waals surface area contributed by atoms with E-state index < -0.39 is 0 Å². The minimum atomic E-state index is 0.596. The molecule has 0 bridgehead atoms. The van der Waals surface area contributed by atoms with Gasteiger partial charge in [0.1, 0.15) is 0 Å². The average molecular weight is 122 g/mol. The molecular formula is C7H10N2. The summed E-state index contributed by atoms with van der Waals surface area (Å²) in [5.74, 6) is 0. The average Bonchev–Trinajstić information content (AvgIpc) is 2.34. The number of rotatable bonds is 2. The van der Waals surface area contributed by atoms with E-state index in [-0.39, 0.29) is 0 Å². The van der Waals surface area contributed by atoms with Crippen LogP contribution in [0.25, 0.3) is 6.08 Å². The van der Waals surface area contributed by atoms with Crippen molar-refractivity contribution in [1.82, 2.24) is 4.98 Å². The van der Waals surface area contributed by atoms with Gasteiger partial charge in [0.05, 0.1) is 0 Å².